The van der Waals surface area contributed by atoms with Gasteiger partial charge in [0.05, 0.1) is 16.6 Å². The molecule has 8 heteroatoms. The summed E-state index contributed by atoms with van der Waals surface area (Å²) in [5.74, 6) is 1.12. The van der Waals surface area contributed by atoms with Crippen molar-refractivity contribution in [1.29, 1.82) is 0 Å². The number of amides is 2. The number of piperidine rings is 1. The van der Waals surface area contributed by atoms with E-state index in [0.717, 1.165) is 18.4 Å². The van der Waals surface area contributed by atoms with Crippen molar-refractivity contribution in [1.82, 2.24) is 15.0 Å². The summed E-state index contributed by atoms with van der Waals surface area (Å²) in [5, 5.41) is 7.85. The van der Waals surface area contributed by atoms with Crippen LogP contribution >= 0.6 is 23.2 Å². The maximum atomic E-state index is 12.7. The van der Waals surface area contributed by atoms with Gasteiger partial charge in [0.2, 0.25) is 11.7 Å². The molecule has 1 fully saturated rings. The molecule has 3 aromatic rings. The molecule has 2 aromatic carbocycles. The number of hydrogen-bond acceptors (Lipinski definition) is 4. The molecule has 28 heavy (non-hydrogen) atoms. The van der Waals surface area contributed by atoms with Crippen molar-refractivity contribution >= 4 is 34.9 Å². The van der Waals surface area contributed by atoms with Gasteiger partial charge < -0.3 is 14.7 Å². The molecule has 2 amide bonds. The van der Waals surface area contributed by atoms with Gasteiger partial charge in [0.1, 0.15) is 0 Å². The summed E-state index contributed by atoms with van der Waals surface area (Å²) in [6.45, 7) is 1.17. The SMILES string of the molecule is O=C(Nc1ccc(Cl)cc1Cl)N1CCCC(c2nc(-c3ccccc3)no2)C1. The zero-order valence-corrected chi connectivity index (χ0v) is 16.5. The third-order valence-corrected chi connectivity index (χ3v) is 5.25. The van der Waals surface area contributed by atoms with Gasteiger partial charge in [-0.2, -0.15) is 4.98 Å². The number of nitrogens with one attached hydrogen (secondary N) is 1. The van der Waals surface area contributed by atoms with Gasteiger partial charge >= 0.3 is 6.03 Å². The largest absolute Gasteiger partial charge is 0.339 e. The molecule has 1 unspecified atom stereocenters. The van der Waals surface area contributed by atoms with E-state index in [1.807, 2.05) is 30.3 Å². The Morgan fingerprint density at radius 3 is 2.79 bits per heavy atom. The second kappa shape index (κ2) is 8.20. The Hall–Kier alpha value is -2.57. The van der Waals surface area contributed by atoms with Crippen LogP contribution in [-0.2, 0) is 0 Å². The van der Waals surface area contributed by atoms with E-state index in [4.69, 9.17) is 27.7 Å². The first-order valence-corrected chi connectivity index (χ1v) is 9.76. The fraction of sp³-hybridized carbons (Fsp3) is 0.250. The second-order valence-corrected chi connectivity index (χ2v) is 7.51. The van der Waals surface area contributed by atoms with Gasteiger partial charge in [0.25, 0.3) is 0 Å². The molecule has 0 spiro atoms. The van der Waals surface area contributed by atoms with Crippen LogP contribution in [-0.4, -0.2) is 34.2 Å². The number of benzene rings is 2. The number of carbonyl (C=O) groups is 1. The number of halogens is 2. The minimum atomic E-state index is -0.211. The lowest BCUT2D eigenvalue weighted by Gasteiger charge is -2.31. The van der Waals surface area contributed by atoms with E-state index in [1.165, 1.54) is 0 Å². The van der Waals surface area contributed by atoms with Crippen molar-refractivity contribution in [2.75, 3.05) is 18.4 Å². The third kappa shape index (κ3) is 4.13. The number of urea groups is 1. The van der Waals surface area contributed by atoms with Gasteiger partial charge in [-0.05, 0) is 31.0 Å². The highest BCUT2D eigenvalue weighted by Crippen LogP contribution is 2.29. The summed E-state index contributed by atoms with van der Waals surface area (Å²) in [5.41, 5.74) is 1.43. The van der Waals surface area contributed by atoms with Crippen LogP contribution in [0.5, 0.6) is 0 Å². The van der Waals surface area contributed by atoms with Gasteiger partial charge in [-0.3, -0.25) is 0 Å². The van der Waals surface area contributed by atoms with Crippen LogP contribution in [0.3, 0.4) is 0 Å². The molecule has 0 saturated carbocycles. The molecule has 1 aromatic heterocycles. The Morgan fingerprint density at radius 1 is 1.18 bits per heavy atom. The number of carbonyl (C=O) groups excluding carboxylic acids is 1. The number of likely N-dealkylation sites (tertiary alicyclic amines) is 1. The van der Waals surface area contributed by atoms with Crippen LogP contribution in [0.15, 0.2) is 53.1 Å². The number of anilines is 1. The maximum Gasteiger partial charge on any atom is 0.321 e. The Labute approximate surface area is 172 Å². The minimum Gasteiger partial charge on any atom is -0.339 e. The van der Waals surface area contributed by atoms with Crippen LogP contribution in [0.4, 0.5) is 10.5 Å². The zero-order valence-electron chi connectivity index (χ0n) is 14.9. The van der Waals surface area contributed by atoms with E-state index >= 15 is 0 Å². The molecule has 4 rings (SSSR count). The standard InChI is InChI=1S/C20H18Cl2N4O2/c21-15-8-9-17(16(22)11-15)23-20(27)26-10-4-7-14(12-26)19-24-18(25-28-19)13-5-2-1-3-6-13/h1-3,5-6,8-9,11,14H,4,7,10,12H2,(H,23,27). The Balaban J connectivity index is 1.44. The summed E-state index contributed by atoms with van der Waals surface area (Å²) in [6.07, 6.45) is 1.75. The van der Waals surface area contributed by atoms with E-state index in [0.29, 0.717) is 40.5 Å². The number of nitrogens with zero attached hydrogens (tertiary/aromatic N) is 3. The Kier molecular flexibility index (Phi) is 5.50. The fourth-order valence-corrected chi connectivity index (χ4v) is 3.71. The summed E-state index contributed by atoms with van der Waals surface area (Å²) >= 11 is 12.1. The first kappa shape index (κ1) is 18.8. The molecule has 1 atom stereocenters. The molecule has 1 aliphatic rings. The third-order valence-electron chi connectivity index (χ3n) is 4.70. The predicted octanol–water partition coefficient (Wildman–Crippen LogP) is 5.45. The van der Waals surface area contributed by atoms with Crippen molar-refractivity contribution < 1.29 is 9.32 Å². The fourth-order valence-electron chi connectivity index (χ4n) is 3.25. The average Bonchev–Trinajstić information content (AvgIpc) is 3.21. The van der Waals surface area contributed by atoms with Gasteiger partial charge in [-0.1, -0.05) is 58.7 Å². The summed E-state index contributed by atoms with van der Waals surface area (Å²) in [6, 6.07) is 14.4. The highest BCUT2D eigenvalue weighted by molar-refractivity contribution is 6.36. The summed E-state index contributed by atoms with van der Waals surface area (Å²) in [4.78, 5) is 18.9. The maximum absolute atomic E-state index is 12.7. The van der Waals surface area contributed by atoms with Crippen molar-refractivity contribution in [3.8, 4) is 11.4 Å². The smallest absolute Gasteiger partial charge is 0.321 e. The highest BCUT2D eigenvalue weighted by atomic mass is 35.5. The molecule has 6 nitrogen and oxygen atoms in total. The van der Waals surface area contributed by atoms with Crippen LogP contribution in [0.1, 0.15) is 24.7 Å². The highest BCUT2D eigenvalue weighted by Gasteiger charge is 2.29. The van der Waals surface area contributed by atoms with Crippen molar-refractivity contribution in [2.24, 2.45) is 0 Å². The molecular formula is C20H18Cl2N4O2. The van der Waals surface area contributed by atoms with Crippen molar-refractivity contribution in [3.63, 3.8) is 0 Å². The molecule has 0 bridgehead atoms. The van der Waals surface area contributed by atoms with Crippen LogP contribution < -0.4 is 5.32 Å². The monoisotopic (exact) mass is 416 g/mol. The molecule has 1 saturated heterocycles. The van der Waals surface area contributed by atoms with E-state index in [9.17, 15) is 4.79 Å². The number of aromatic nitrogens is 2. The average molecular weight is 417 g/mol. The molecule has 144 valence electrons. The lowest BCUT2D eigenvalue weighted by atomic mass is 9.98. The minimum absolute atomic E-state index is 0.00477. The second-order valence-electron chi connectivity index (χ2n) is 6.66. The normalized spacial score (nSPS) is 16.8. The quantitative estimate of drug-likeness (QED) is 0.615. The summed E-state index contributed by atoms with van der Waals surface area (Å²) in [7, 11) is 0. The topological polar surface area (TPSA) is 71.3 Å². The molecule has 1 N–H and O–H groups in total. The van der Waals surface area contributed by atoms with Gasteiger partial charge in [0.15, 0.2) is 0 Å². The van der Waals surface area contributed by atoms with E-state index in [-0.39, 0.29) is 11.9 Å². The molecule has 2 heterocycles. The van der Waals surface area contributed by atoms with E-state index in [2.05, 4.69) is 15.5 Å². The number of rotatable bonds is 3. The first-order valence-electron chi connectivity index (χ1n) is 9.00. The van der Waals surface area contributed by atoms with Gasteiger partial charge in [-0.25, -0.2) is 4.79 Å². The lowest BCUT2D eigenvalue weighted by molar-refractivity contribution is 0.184. The Bertz CT molecular complexity index is 977. The van der Waals surface area contributed by atoms with Crippen LogP contribution in [0.2, 0.25) is 10.0 Å². The van der Waals surface area contributed by atoms with Crippen LogP contribution in [0, 0.1) is 0 Å². The lowest BCUT2D eigenvalue weighted by Crippen LogP contribution is -2.41. The van der Waals surface area contributed by atoms with Crippen molar-refractivity contribution in [3.05, 3.63) is 64.5 Å². The number of hydrogen-bond donors (Lipinski definition) is 1. The summed E-state index contributed by atoms with van der Waals surface area (Å²) < 4.78 is 5.48. The van der Waals surface area contributed by atoms with E-state index < -0.39 is 0 Å². The van der Waals surface area contributed by atoms with Crippen LogP contribution in [0.25, 0.3) is 11.4 Å². The van der Waals surface area contributed by atoms with Crippen molar-refractivity contribution in [2.45, 2.75) is 18.8 Å². The van der Waals surface area contributed by atoms with E-state index in [1.54, 1.807) is 23.1 Å². The predicted molar refractivity (Wildman–Crippen MR) is 109 cm³/mol. The first-order chi connectivity index (χ1) is 13.6. The van der Waals surface area contributed by atoms with Gasteiger partial charge in [-0.15, -0.1) is 0 Å². The molecule has 0 aliphatic carbocycles. The molecule has 1 aliphatic heterocycles. The Morgan fingerprint density at radius 2 is 2.00 bits per heavy atom. The molecular weight excluding hydrogens is 399 g/mol. The van der Waals surface area contributed by atoms with Gasteiger partial charge in [0, 0.05) is 23.7 Å². The zero-order chi connectivity index (χ0) is 19.5. The molecule has 0 radical (unpaired) electrons.